The molecule has 4 aromatic rings. The first-order chi connectivity index (χ1) is 17.2. The Morgan fingerprint density at radius 2 is 1.81 bits per heavy atom. The number of ether oxygens (including phenoxy) is 2. The van der Waals surface area contributed by atoms with Crippen molar-refractivity contribution in [3.63, 3.8) is 0 Å². The standard InChI is InChI=1S/C26H30N4O5S/c1-6-29-23-17(3)19(18-11-9-8-10-12-18)15-27-24(23)30(26(29)31)21(16-36(5,32)33)20-13-14-22(34-4)25(28-20)35-7-2/h8-15,21H,6-7,16H2,1-5H3. The highest BCUT2D eigenvalue weighted by molar-refractivity contribution is 7.90. The van der Waals surface area contributed by atoms with Crippen LogP contribution in [-0.2, 0) is 16.4 Å². The first kappa shape index (κ1) is 25.4. The van der Waals surface area contributed by atoms with E-state index in [0.29, 0.717) is 35.8 Å². The molecule has 0 radical (unpaired) electrons. The molecule has 9 nitrogen and oxygen atoms in total. The second kappa shape index (κ2) is 10.1. The summed E-state index contributed by atoms with van der Waals surface area (Å²) in [5, 5.41) is 0. The van der Waals surface area contributed by atoms with E-state index in [-0.39, 0.29) is 17.3 Å². The number of hydrogen-bond donors (Lipinski definition) is 0. The van der Waals surface area contributed by atoms with Gasteiger partial charge in [-0.05, 0) is 44.0 Å². The highest BCUT2D eigenvalue weighted by Crippen LogP contribution is 2.32. The van der Waals surface area contributed by atoms with Gasteiger partial charge in [-0.1, -0.05) is 30.3 Å². The second-order valence-corrected chi connectivity index (χ2v) is 10.7. The predicted molar refractivity (Wildman–Crippen MR) is 140 cm³/mol. The van der Waals surface area contributed by atoms with Crippen LogP contribution < -0.4 is 15.2 Å². The molecule has 0 spiro atoms. The Kier molecular flexibility index (Phi) is 7.16. The zero-order valence-corrected chi connectivity index (χ0v) is 21.9. The van der Waals surface area contributed by atoms with E-state index in [2.05, 4.69) is 9.97 Å². The van der Waals surface area contributed by atoms with Gasteiger partial charge in [0.05, 0.1) is 36.7 Å². The Bertz CT molecular complexity index is 1560. The van der Waals surface area contributed by atoms with Crippen LogP contribution in [0.1, 0.15) is 31.1 Å². The molecule has 0 N–H and O–H groups in total. The number of imidazole rings is 1. The zero-order chi connectivity index (χ0) is 26.0. The number of nitrogens with zero attached hydrogens (tertiary/aromatic N) is 4. The van der Waals surface area contributed by atoms with Crippen LogP contribution in [-0.4, -0.2) is 53.2 Å². The molecule has 0 aliphatic rings. The van der Waals surface area contributed by atoms with Gasteiger partial charge in [-0.15, -0.1) is 0 Å². The minimum absolute atomic E-state index is 0.235. The van der Waals surface area contributed by atoms with Crippen molar-refractivity contribution in [2.24, 2.45) is 0 Å². The van der Waals surface area contributed by atoms with Crippen LogP contribution in [0.15, 0.2) is 53.5 Å². The Morgan fingerprint density at radius 1 is 1.08 bits per heavy atom. The van der Waals surface area contributed by atoms with Crippen LogP contribution in [0.2, 0.25) is 0 Å². The number of aryl methyl sites for hydroxylation is 2. The molecule has 0 saturated carbocycles. The molecule has 0 amide bonds. The monoisotopic (exact) mass is 510 g/mol. The average Bonchev–Trinajstić information content (AvgIpc) is 3.14. The number of methoxy groups -OCH3 is 1. The number of fused-ring (bicyclic) bond motifs is 1. The third-order valence-electron chi connectivity index (χ3n) is 6.08. The molecule has 0 aliphatic carbocycles. The fourth-order valence-corrected chi connectivity index (χ4v) is 5.37. The van der Waals surface area contributed by atoms with Crippen LogP contribution in [0.4, 0.5) is 0 Å². The summed E-state index contributed by atoms with van der Waals surface area (Å²) in [6.07, 6.45) is 2.87. The fraction of sp³-hybridized carbons (Fsp3) is 0.346. The lowest BCUT2D eigenvalue weighted by Crippen LogP contribution is -2.32. The predicted octanol–water partition coefficient (Wildman–Crippen LogP) is 3.63. The van der Waals surface area contributed by atoms with Crippen molar-refractivity contribution in [2.45, 2.75) is 33.4 Å². The summed E-state index contributed by atoms with van der Waals surface area (Å²) in [5.74, 6) is 0.323. The van der Waals surface area contributed by atoms with E-state index in [9.17, 15) is 13.2 Å². The topological polar surface area (TPSA) is 105 Å². The highest BCUT2D eigenvalue weighted by atomic mass is 32.2. The van der Waals surface area contributed by atoms with E-state index in [1.54, 1.807) is 22.9 Å². The van der Waals surface area contributed by atoms with Crippen molar-refractivity contribution in [1.29, 1.82) is 0 Å². The maximum Gasteiger partial charge on any atom is 0.330 e. The van der Waals surface area contributed by atoms with Crippen LogP contribution in [0, 0.1) is 6.92 Å². The summed E-state index contributed by atoms with van der Waals surface area (Å²) < 4.78 is 39.1. The maximum atomic E-state index is 13.8. The molecule has 10 heteroatoms. The summed E-state index contributed by atoms with van der Waals surface area (Å²) in [5.41, 5.74) is 3.87. The fourth-order valence-electron chi connectivity index (χ4n) is 4.48. The van der Waals surface area contributed by atoms with E-state index in [1.165, 1.54) is 11.7 Å². The van der Waals surface area contributed by atoms with Gasteiger partial charge in [0.15, 0.2) is 11.4 Å². The van der Waals surface area contributed by atoms with Crippen molar-refractivity contribution >= 4 is 21.0 Å². The number of pyridine rings is 2. The molecule has 0 aliphatic heterocycles. The molecule has 36 heavy (non-hydrogen) atoms. The lowest BCUT2D eigenvalue weighted by atomic mass is 10.0. The maximum absolute atomic E-state index is 13.8. The third kappa shape index (κ3) is 4.73. The zero-order valence-electron chi connectivity index (χ0n) is 21.1. The van der Waals surface area contributed by atoms with Gasteiger partial charge in [0.25, 0.3) is 5.88 Å². The SMILES string of the molecule is CCOc1nc(C(CS(C)(=O)=O)n2c(=O)n(CC)c3c(C)c(-c4ccccc4)cnc32)ccc1OC. The van der Waals surface area contributed by atoms with Gasteiger partial charge >= 0.3 is 5.69 Å². The lowest BCUT2D eigenvalue weighted by molar-refractivity contribution is 0.296. The molecule has 0 bridgehead atoms. The van der Waals surface area contributed by atoms with Crippen molar-refractivity contribution in [1.82, 2.24) is 19.1 Å². The van der Waals surface area contributed by atoms with E-state index in [0.717, 1.165) is 22.9 Å². The molecule has 4 rings (SSSR count). The molecular formula is C26H30N4O5S. The van der Waals surface area contributed by atoms with Gasteiger partial charge in [0, 0.05) is 24.6 Å². The molecule has 0 saturated heterocycles. The van der Waals surface area contributed by atoms with E-state index in [1.807, 2.05) is 51.1 Å². The summed E-state index contributed by atoms with van der Waals surface area (Å²) >= 11 is 0. The largest absolute Gasteiger partial charge is 0.491 e. The first-order valence-electron chi connectivity index (χ1n) is 11.7. The molecule has 1 aromatic carbocycles. The average molecular weight is 511 g/mol. The molecule has 0 fully saturated rings. The van der Waals surface area contributed by atoms with Crippen LogP contribution in [0.5, 0.6) is 11.6 Å². The Balaban J connectivity index is 2.01. The second-order valence-electron chi connectivity index (χ2n) is 8.52. The number of rotatable bonds is 9. The van der Waals surface area contributed by atoms with Crippen LogP contribution in [0.25, 0.3) is 22.3 Å². The number of benzene rings is 1. The smallest absolute Gasteiger partial charge is 0.330 e. The third-order valence-corrected chi connectivity index (χ3v) is 7.01. The quantitative estimate of drug-likeness (QED) is 0.339. The summed E-state index contributed by atoms with van der Waals surface area (Å²) in [4.78, 5) is 23.0. The molecule has 190 valence electrons. The van der Waals surface area contributed by atoms with E-state index >= 15 is 0 Å². The van der Waals surface area contributed by atoms with Gasteiger partial charge in [0.2, 0.25) is 0 Å². The van der Waals surface area contributed by atoms with Gasteiger partial charge in [-0.3, -0.25) is 9.13 Å². The number of aromatic nitrogens is 4. The molecule has 3 heterocycles. The summed E-state index contributed by atoms with van der Waals surface area (Å²) in [6.45, 7) is 6.39. The molecule has 3 aromatic heterocycles. The first-order valence-corrected chi connectivity index (χ1v) is 13.8. The van der Waals surface area contributed by atoms with E-state index in [4.69, 9.17) is 9.47 Å². The highest BCUT2D eigenvalue weighted by Gasteiger charge is 2.29. The summed E-state index contributed by atoms with van der Waals surface area (Å²) in [7, 11) is -2.01. The minimum atomic E-state index is -3.51. The van der Waals surface area contributed by atoms with Crippen LogP contribution in [0.3, 0.4) is 0 Å². The Morgan fingerprint density at radius 3 is 2.42 bits per heavy atom. The van der Waals surface area contributed by atoms with Crippen molar-refractivity contribution in [3.8, 4) is 22.8 Å². The van der Waals surface area contributed by atoms with Gasteiger partial charge in [-0.2, -0.15) is 0 Å². The normalized spacial score (nSPS) is 12.6. The van der Waals surface area contributed by atoms with Crippen molar-refractivity contribution in [2.75, 3.05) is 25.7 Å². The summed E-state index contributed by atoms with van der Waals surface area (Å²) in [6, 6.07) is 12.2. The van der Waals surface area contributed by atoms with Crippen molar-refractivity contribution in [3.05, 3.63) is 70.4 Å². The minimum Gasteiger partial charge on any atom is -0.491 e. The lowest BCUT2D eigenvalue weighted by Gasteiger charge is -2.19. The number of hydrogen-bond acceptors (Lipinski definition) is 7. The van der Waals surface area contributed by atoms with Crippen LogP contribution >= 0.6 is 0 Å². The Labute approximate surface area is 210 Å². The number of sulfone groups is 1. The van der Waals surface area contributed by atoms with Gasteiger partial charge in [-0.25, -0.2) is 23.2 Å². The van der Waals surface area contributed by atoms with Gasteiger partial charge in [0.1, 0.15) is 9.84 Å². The molecule has 1 atom stereocenters. The molecular weight excluding hydrogens is 480 g/mol. The van der Waals surface area contributed by atoms with E-state index < -0.39 is 15.9 Å². The van der Waals surface area contributed by atoms with Crippen molar-refractivity contribution < 1.29 is 17.9 Å². The van der Waals surface area contributed by atoms with Gasteiger partial charge < -0.3 is 9.47 Å². The molecule has 1 unspecified atom stereocenters. The Hall–Kier alpha value is -3.66.